The van der Waals surface area contributed by atoms with Crippen molar-refractivity contribution in [3.05, 3.63) is 54.1 Å². The Morgan fingerprint density at radius 3 is 2.59 bits per heavy atom. The number of nitrogens with zero attached hydrogens (tertiary/aromatic N) is 2. The number of imidazole rings is 1. The van der Waals surface area contributed by atoms with Crippen molar-refractivity contribution >= 4 is 35.5 Å². The van der Waals surface area contributed by atoms with Crippen molar-refractivity contribution in [3.63, 3.8) is 0 Å². The Bertz CT molecular complexity index is 1050. The van der Waals surface area contributed by atoms with E-state index < -0.39 is 42.0 Å². The Kier molecular flexibility index (Phi) is 10.5. The first-order valence-electron chi connectivity index (χ1n) is 12.2. The molecule has 0 radical (unpaired) electrons. The van der Waals surface area contributed by atoms with Crippen molar-refractivity contribution in [2.75, 3.05) is 18.6 Å². The van der Waals surface area contributed by atoms with Crippen LogP contribution in [0.3, 0.4) is 0 Å². The van der Waals surface area contributed by atoms with E-state index >= 15 is 0 Å². The Balaban J connectivity index is 1.66. The van der Waals surface area contributed by atoms with Crippen LogP contribution < -0.4 is 16.4 Å². The fourth-order valence-electron chi connectivity index (χ4n) is 4.32. The van der Waals surface area contributed by atoms with Crippen molar-refractivity contribution in [1.29, 1.82) is 0 Å². The number of hydrogen-bond donors (Lipinski definition) is 5. The minimum atomic E-state index is -1.18. The van der Waals surface area contributed by atoms with E-state index in [1.54, 1.807) is 11.8 Å². The number of nitrogens with one attached hydrogen (secondary N) is 3. The average Bonchev–Trinajstić information content (AvgIpc) is 3.58. The molecule has 3 rings (SSSR count). The van der Waals surface area contributed by atoms with E-state index in [2.05, 4.69) is 20.6 Å². The summed E-state index contributed by atoms with van der Waals surface area (Å²) >= 11 is 1.54. The second kappa shape index (κ2) is 13.8. The van der Waals surface area contributed by atoms with E-state index in [4.69, 9.17) is 5.73 Å². The van der Waals surface area contributed by atoms with E-state index in [1.807, 2.05) is 36.6 Å². The molecular weight excluding hydrogens is 496 g/mol. The van der Waals surface area contributed by atoms with Crippen molar-refractivity contribution in [2.45, 2.75) is 56.3 Å². The van der Waals surface area contributed by atoms with Gasteiger partial charge in [-0.1, -0.05) is 30.3 Å². The van der Waals surface area contributed by atoms with E-state index in [9.17, 15) is 24.3 Å². The summed E-state index contributed by atoms with van der Waals surface area (Å²) in [5.41, 5.74) is 7.61. The minimum Gasteiger partial charge on any atom is -0.480 e. The quantitative estimate of drug-likeness (QED) is 0.246. The van der Waals surface area contributed by atoms with Gasteiger partial charge in [-0.2, -0.15) is 11.8 Å². The molecule has 3 amide bonds. The molecule has 2 heterocycles. The zero-order chi connectivity index (χ0) is 26.8. The molecule has 1 aromatic heterocycles. The molecule has 6 N–H and O–H groups in total. The summed E-state index contributed by atoms with van der Waals surface area (Å²) < 4.78 is 0. The van der Waals surface area contributed by atoms with Crippen LogP contribution in [0.25, 0.3) is 0 Å². The van der Waals surface area contributed by atoms with Gasteiger partial charge in [0.25, 0.3) is 0 Å². The summed E-state index contributed by atoms with van der Waals surface area (Å²) in [6, 6.07) is 5.72. The number of nitrogens with two attached hydrogens (primary N) is 1. The number of carbonyl (C=O) groups is 4. The number of aromatic amines is 1. The third kappa shape index (κ3) is 8.05. The van der Waals surface area contributed by atoms with Crippen LogP contribution in [0.2, 0.25) is 0 Å². The number of amides is 3. The largest absolute Gasteiger partial charge is 0.480 e. The smallest absolute Gasteiger partial charge is 0.326 e. The third-order valence-corrected chi connectivity index (χ3v) is 6.94. The van der Waals surface area contributed by atoms with Gasteiger partial charge in [0.2, 0.25) is 17.7 Å². The Hall–Kier alpha value is -3.38. The predicted octanol–water partition coefficient (Wildman–Crippen LogP) is 0.321. The van der Waals surface area contributed by atoms with Gasteiger partial charge in [0, 0.05) is 24.9 Å². The van der Waals surface area contributed by atoms with Crippen molar-refractivity contribution < 1.29 is 24.3 Å². The molecule has 12 heteroatoms. The van der Waals surface area contributed by atoms with Crippen LogP contribution >= 0.6 is 11.8 Å². The van der Waals surface area contributed by atoms with Crippen molar-refractivity contribution in [2.24, 2.45) is 5.73 Å². The lowest BCUT2D eigenvalue weighted by Crippen LogP contribution is -2.57. The number of likely N-dealkylation sites (tertiary alicyclic amines) is 1. The summed E-state index contributed by atoms with van der Waals surface area (Å²) in [5.74, 6) is -1.90. The van der Waals surface area contributed by atoms with E-state index in [0.717, 1.165) is 5.56 Å². The van der Waals surface area contributed by atoms with Gasteiger partial charge in [0.05, 0.1) is 12.4 Å². The lowest BCUT2D eigenvalue weighted by Gasteiger charge is -2.30. The maximum atomic E-state index is 13.5. The highest BCUT2D eigenvalue weighted by Gasteiger charge is 2.39. The summed E-state index contributed by atoms with van der Waals surface area (Å²) in [5, 5.41) is 14.9. The monoisotopic (exact) mass is 530 g/mol. The lowest BCUT2D eigenvalue weighted by molar-refractivity contribution is -0.145. The maximum absolute atomic E-state index is 13.5. The van der Waals surface area contributed by atoms with Crippen molar-refractivity contribution in [1.82, 2.24) is 25.5 Å². The summed E-state index contributed by atoms with van der Waals surface area (Å²) in [6.45, 7) is 0.344. The van der Waals surface area contributed by atoms with Gasteiger partial charge < -0.3 is 31.4 Å². The predicted molar refractivity (Wildman–Crippen MR) is 140 cm³/mol. The topological polar surface area (TPSA) is 171 Å². The molecule has 4 atom stereocenters. The molecule has 200 valence electrons. The fraction of sp³-hybridized carbons (Fsp3) is 0.480. The van der Waals surface area contributed by atoms with Gasteiger partial charge in [-0.05, 0) is 43.3 Å². The van der Waals surface area contributed by atoms with Crippen LogP contribution in [-0.2, 0) is 32.0 Å². The second-order valence-electron chi connectivity index (χ2n) is 9.01. The molecule has 1 aromatic carbocycles. The fourth-order valence-corrected chi connectivity index (χ4v) is 4.79. The number of carboxylic acids is 1. The van der Waals surface area contributed by atoms with Crippen molar-refractivity contribution in [3.8, 4) is 0 Å². The SMILES string of the molecule is CSCCC(NC(=O)C(N)Cc1ccccc1)C(=O)N1CCCC1C(=O)NC(Cc1cnc[nH]1)C(=O)O. The van der Waals surface area contributed by atoms with Crippen LogP contribution in [-0.4, -0.2) is 86.4 Å². The molecule has 1 fully saturated rings. The summed E-state index contributed by atoms with van der Waals surface area (Å²) in [4.78, 5) is 59.3. The molecule has 4 unspecified atom stereocenters. The first-order valence-corrected chi connectivity index (χ1v) is 13.6. The molecule has 1 aliphatic heterocycles. The molecule has 0 aliphatic carbocycles. The number of carboxylic acid groups (broad SMARTS) is 1. The van der Waals surface area contributed by atoms with E-state index in [0.29, 0.717) is 43.7 Å². The number of aliphatic carboxylic acids is 1. The number of hydrogen-bond acceptors (Lipinski definition) is 7. The molecule has 1 saturated heterocycles. The standard InChI is InChI=1S/C25H34N6O5S/c1-37-11-9-19(29-22(32)18(26)12-16-6-3-2-4-7-16)24(34)31-10-5-8-21(31)23(33)30-20(25(35)36)13-17-14-27-15-28-17/h2-4,6-7,14-15,18-21H,5,8-13,26H2,1H3,(H,27,28)(H,29,32)(H,30,33)(H,35,36). The number of thioether (sulfide) groups is 1. The Morgan fingerprint density at radius 1 is 1.19 bits per heavy atom. The highest BCUT2D eigenvalue weighted by molar-refractivity contribution is 7.98. The highest BCUT2D eigenvalue weighted by Crippen LogP contribution is 2.20. The zero-order valence-corrected chi connectivity index (χ0v) is 21.6. The first kappa shape index (κ1) is 28.2. The van der Waals surface area contributed by atoms with Gasteiger partial charge in [-0.3, -0.25) is 14.4 Å². The van der Waals surface area contributed by atoms with Crippen LogP contribution in [0.5, 0.6) is 0 Å². The molecule has 0 saturated carbocycles. The Labute approximate surface area is 220 Å². The Morgan fingerprint density at radius 2 is 1.95 bits per heavy atom. The first-order chi connectivity index (χ1) is 17.8. The van der Waals surface area contributed by atoms with Gasteiger partial charge in [-0.15, -0.1) is 0 Å². The minimum absolute atomic E-state index is 0.0352. The van der Waals surface area contributed by atoms with Crippen LogP contribution in [0.1, 0.15) is 30.5 Å². The number of aromatic nitrogens is 2. The van der Waals surface area contributed by atoms with Crippen LogP contribution in [0, 0.1) is 0 Å². The maximum Gasteiger partial charge on any atom is 0.326 e. The number of rotatable bonds is 13. The molecule has 37 heavy (non-hydrogen) atoms. The average molecular weight is 531 g/mol. The van der Waals surface area contributed by atoms with Crippen LogP contribution in [0.15, 0.2) is 42.9 Å². The summed E-state index contributed by atoms with van der Waals surface area (Å²) in [7, 11) is 0. The number of H-pyrrole nitrogens is 1. The molecule has 11 nitrogen and oxygen atoms in total. The van der Waals surface area contributed by atoms with Gasteiger partial charge in [0.15, 0.2) is 0 Å². The highest BCUT2D eigenvalue weighted by atomic mass is 32.2. The normalized spacial score (nSPS) is 17.6. The lowest BCUT2D eigenvalue weighted by atomic mass is 10.1. The summed E-state index contributed by atoms with van der Waals surface area (Å²) in [6.07, 6.45) is 6.58. The second-order valence-corrected chi connectivity index (χ2v) is 9.99. The molecular formula is C25H34N6O5S. The zero-order valence-electron chi connectivity index (χ0n) is 20.8. The molecule has 2 aromatic rings. The van der Waals surface area contributed by atoms with E-state index in [1.165, 1.54) is 17.4 Å². The number of benzene rings is 1. The van der Waals surface area contributed by atoms with Crippen LogP contribution in [0.4, 0.5) is 0 Å². The molecule has 0 bridgehead atoms. The third-order valence-electron chi connectivity index (χ3n) is 6.29. The van der Waals surface area contributed by atoms with Gasteiger partial charge in [-0.25, -0.2) is 9.78 Å². The van der Waals surface area contributed by atoms with E-state index in [-0.39, 0.29) is 12.3 Å². The van der Waals surface area contributed by atoms with Gasteiger partial charge >= 0.3 is 5.97 Å². The molecule has 1 aliphatic rings. The molecule has 0 spiro atoms. The number of carbonyl (C=O) groups excluding carboxylic acids is 3. The van der Waals surface area contributed by atoms with Gasteiger partial charge in [0.1, 0.15) is 18.1 Å².